The summed E-state index contributed by atoms with van der Waals surface area (Å²) in [5, 5.41) is 14.5. The third-order valence-corrected chi connectivity index (χ3v) is 7.67. The van der Waals surface area contributed by atoms with Crippen molar-refractivity contribution in [3.05, 3.63) is 52.4 Å². The van der Waals surface area contributed by atoms with Crippen LogP contribution in [0.2, 0.25) is 0 Å². The SMILES string of the molecule is CCCCc1cc(CCCC)n(OB(On2nc(CCCC)cc2CCCC)On2nc(CCCC)cc2CCCC)n1. The van der Waals surface area contributed by atoms with E-state index >= 15 is 0 Å². The number of hydrogen-bond donors (Lipinski definition) is 0. The topological polar surface area (TPSA) is 81.1 Å². The molecule has 3 heterocycles. The average Bonchev–Trinajstić information content (AvgIpc) is 3.71. The third kappa shape index (κ3) is 11.3. The first kappa shape index (κ1) is 34.6. The molecule has 0 fully saturated rings. The van der Waals surface area contributed by atoms with Gasteiger partial charge in [0.1, 0.15) is 0 Å². The standard InChI is InChI=1S/C33H57BN6O3/c1-7-13-19-28-25-31(22-16-10-4)38(35-28)41-34(42-39-32(23-17-11-5)26-29(36-39)20-14-8-2)43-40-33(24-18-12-6)27-30(37-40)21-15-9-3/h25-27H,7-24H2,1-6H3. The molecule has 0 atom stereocenters. The zero-order valence-corrected chi connectivity index (χ0v) is 27.9. The molecule has 9 nitrogen and oxygen atoms in total. The first-order valence-electron chi connectivity index (χ1n) is 17.3. The van der Waals surface area contributed by atoms with E-state index in [0.717, 1.165) is 150 Å². The fourth-order valence-corrected chi connectivity index (χ4v) is 4.97. The average molecular weight is 597 g/mol. The van der Waals surface area contributed by atoms with Crippen molar-refractivity contribution < 1.29 is 14.3 Å². The van der Waals surface area contributed by atoms with Gasteiger partial charge in [-0.05, 0) is 95.2 Å². The number of unbranched alkanes of at least 4 members (excludes halogenated alkanes) is 6. The molecule has 0 saturated heterocycles. The fraction of sp³-hybridized carbons (Fsp3) is 0.727. The number of rotatable bonds is 24. The maximum Gasteiger partial charge on any atom is 0.929 e. The van der Waals surface area contributed by atoms with E-state index in [9.17, 15) is 0 Å². The largest absolute Gasteiger partial charge is 0.929 e. The van der Waals surface area contributed by atoms with Crippen molar-refractivity contribution in [2.45, 2.75) is 157 Å². The highest BCUT2D eigenvalue weighted by atomic mass is 16.9. The Morgan fingerprint density at radius 1 is 0.442 bits per heavy atom. The predicted octanol–water partition coefficient (Wildman–Crippen LogP) is 7.00. The van der Waals surface area contributed by atoms with Gasteiger partial charge >= 0.3 is 7.32 Å². The van der Waals surface area contributed by atoms with Gasteiger partial charge in [-0.1, -0.05) is 80.1 Å². The molecule has 0 bridgehead atoms. The second kappa shape index (κ2) is 19.4. The number of nitrogens with zero attached hydrogens (tertiary/aromatic N) is 6. The molecule has 3 rings (SSSR count). The Balaban J connectivity index is 1.97. The number of hydrogen-bond acceptors (Lipinski definition) is 6. The summed E-state index contributed by atoms with van der Waals surface area (Å²) < 4.78 is 19.4. The predicted molar refractivity (Wildman–Crippen MR) is 174 cm³/mol. The second-order valence-corrected chi connectivity index (χ2v) is 11.7. The summed E-state index contributed by atoms with van der Waals surface area (Å²) in [5.74, 6) is 0. The van der Waals surface area contributed by atoms with Gasteiger partial charge in [0.2, 0.25) is 0 Å². The summed E-state index contributed by atoms with van der Waals surface area (Å²) in [6.07, 6.45) is 18.4. The van der Waals surface area contributed by atoms with Crippen LogP contribution in [0.3, 0.4) is 0 Å². The van der Waals surface area contributed by atoms with Crippen LogP contribution in [0.25, 0.3) is 0 Å². The van der Waals surface area contributed by atoms with Gasteiger partial charge in [-0.2, -0.15) is 0 Å². The summed E-state index contributed by atoms with van der Waals surface area (Å²) in [7, 11) is -1.14. The first-order chi connectivity index (χ1) is 21.0. The van der Waals surface area contributed by atoms with Crippen LogP contribution in [-0.2, 0) is 38.5 Å². The third-order valence-electron chi connectivity index (χ3n) is 7.67. The van der Waals surface area contributed by atoms with Gasteiger partial charge < -0.3 is 14.3 Å². The molecule has 0 aliphatic heterocycles. The molecule has 0 unspecified atom stereocenters. The van der Waals surface area contributed by atoms with E-state index in [1.54, 1.807) is 14.5 Å². The monoisotopic (exact) mass is 596 g/mol. The van der Waals surface area contributed by atoms with Crippen LogP contribution in [0.5, 0.6) is 0 Å². The lowest BCUT2D eigenvalue weighted by Gasteiger charge is -2.18. The quantitative estimate of drug-likeness (QED) is 0.104. The maximum absolute atomic E-state index is 6.45. The minimum absolute atomic E-state index is 0.873. The summed E-state index contributed by atoms with van der Waals surface area (Å²) >= 11 is 0. The lowest BCUT2D eigenvalue weighted by Crippen LogP contribution is -2.50. The fourth-order valence-electron chi connectivity index (χ4n) is 4.97. The van der Waals surface area contributed by atoms with E-state index in [4.69, 9.17) is 29.6 Å². The molecule has 10 heteroatoms. The van der Waals surface area contributed by atoms with Crippen LogP contribution < -0.4 is 14.3 Å². The van der Waals surface area contributed by atoms with Gasteiger partial charge in [0, 0.05) is 0 Å². The van der Waals surface area contributed by atoms with Crippen molar-refractivity contribution in [3.63, 3.8) is 0 Å². The Hall–Kier alpha value is -2.91. The summed E-state index contributed by atoms with van der Waals surface area (Å²) in [4.78, 5) is 4.85. The maximum atomic E-state index is 6.45. The van der Waals surface area contributed by atoms with Crippen LogP contribution in [0, 0.1) is 0 Å². The Morgan fingerprint density at radius 3 is 0.953 bits per heavy atom. The molecular weight excluding hydrogens is 539 g/mol. The molecular formula is C33H57BN6O3. The molecule has 0 aliphatic rings. The molecule has 0 N–H and O–H groups in total. The van der Waals surface area contributed by atoms with Gasteiger partial charge in [-0.15, -0.1) is 29.8 Å². The summed E-state index contributed by atoms with van der Waals surface area (Å²) in [6.45, 7) is 13.2. The van der Waals surface area contributed by atoms with Crippen LogP contribution in [0.1, 0.15) is 153 Å². The van der Waals surface area contributed by atoms with Crippen LogP contribution >= 0.6 is 0 Å². The van der Waals surface area contributed by atoms with Crippen LogP contribution in [0.4, 0.5) is 0 Å². The molecule has 0 aliphatic carbocycles. The molecule has 0 aromatic carbocycles. The van der Waals surface area contributed by atoms with Crippen molar-refractivity contribution in [2.24, 2.45) is 0 Å². The van der Waals surface area contributed by atoms with E-state index in [1.165, 1.54) is 0 Å². The molecule has 3 aromatic rings. The first-order valence-corrected chi connectivity index (χ1v) is 17.3. The Morgan fingerprint density at radius 2 is 0.698 bits per heavy atom. The number of aromatic nitrogens is 6. The molecule has 0 spiro atoms. The highest BCUT2D eigenvalue weighted by Crippen LogP contribution is 2.14. The molecule has 0 radical (unpaired) electrons. The lowest BCUT2D eigenvalue weighted by molar-refractivity contribution is 0.0329. The van der Waals surface area contributed by atoms with Crippen molar-refractivity contribution >= 4 is 7.32 Å². The van der Waals surface area contributed by atoms with Crippen LogP contribution in [-0.4, -0.2) is 37.2 Å². The smallest absolute Gasteiger partial charge is 0.380 e. The van der Waals surface area contributed by atoms with Gasteiger partial charge in [0.25, 0.3) is 0 Å². The summed E-state index contributed by atoms with van der Waals surface area (Å²) in [5.41, 5.74) is 6.16. The van der Waals surface area contributed by atoms with Gasteiger partial charge in [0.05, 0.1) is 34.2 Å². The Labute approximate surface area is 260 Å². The Kier molecular flexibility index (Phi) is 15.6. The van der Waals surface area contributed by atoms with E-state index in [-0.39, 0.29) is 0 Å². The van der Waals surface area contributed by atoms with E-state index < -0.39 is 7.32 Å². The minimum atomic E-state index is -1.14. The highest BCUT2D eigenvalue weighted by molar-refractivity contribution is 6.37. The van der Waals surface area contributed by atoms with Crippen molar-refractivity contribution in [1.29, 1.82) is 0 Å². The van der Waals surface area contributed by atoms with Crippen molar-refractivity contribution in [2.75, 3.05) is 0 Å². The van der Waals surface area contributed by atoms with E-state index in [2.05, 4.69) is 59.7 Å². The van der Waals surface area contributed by atoms with Crippen LogP contribution in [0.15, 0.2) is 18.2 Å². The molecule has 3 aromatic heterocycles. The minimum Gasteiger partial charge on any atom is -0.380 e. The zero-order valence-electron chi connectivity index (χ0n) is 27.9. The normalized spacial score (nSPS) is 11.3. The van der Waals surface area contributed by atoms with Crippen molar-refractivity contribution in [1.82, 2.24) is 29.8 Å². The van der Waals surface area contributed by atoms with E-state index in [0.29, 0.717) is 0 Å². The van der Waals surface area contributed by atoms with Gasteiger partial charge in [0.15, 0.2) is 0 Å². The second-order valence-electron chi connectivity index (χ2n) is 11.7. The molecule has 43 heavy (non-hydrogen) atoms. The van der Waals surface area contributed by atoms with Crippen molar-refractivity contribution in [3.8, 4) is 0 Å². The molecule has 0 amide bonds. The lowest BCUT2D eigenvalue weighted by atomic mass is 10.1. The van der Waals surface area contributed by atoms with E-state index in [1.807, 2.05) is 0 Å². The molecule has 240 valence electrons. The highest BCUT2D eigenvalue weighted by Gasteiger charge is 2.37. The number of aryl methyl sites for hydroxylation is 6. The Bertz CT molecular complexity index is 1030. The molecule has 0 saturated carbocycles. The zero-order chi connectivity index (χ0) is 30.9. The van der Waals surface area contributed by atoms with Gasteiger partial charge in [-0.25, -0.2) is 0 Å². The summed E-state index contributed by atoms with van der Waals surface area (Å²) in [6, 6.07) is 6.49. The van der Waals surface area contributed by atoms with Gasteiger partial charge in [-0.3, -0.25) is 0 Å².